The van der Waals surface area contributed by atoms with E-state index in [0.717, 1.165) is 63.0 Å². The van der Waals surface area contributed by atoms with Gasteiger partial charge in [-0.1, -0.05) is 12.1 Å². The van der Waals surface area contributed by atoms with Crippen LogP contribution in [0.5, 0.6) is 0 Å². The largest absolute Gasteiger partial charge is 0.381 e. The average Bonchev–Trinajstić information content (AvgIpc) is 3.34. The Morgan fingerprint density at radius 1 is 1.30 bits per heavy atom. The van der Waals surface area contributed by atoms with Crippen molar-refractivity contribution in [2.75, 3.05) is 26.8 Å². The maximum absolute atomic E-state index is 12.8. The van der Waals surface area contributed by atoms with Gasteiger partial charge >= 0.3 is 0 Å². The number of benzene rings is 1. The predicted molar refractivity (Wildman–Crippen MR) is 104 cm³/mol. The molecule has 27 heavy (non-hydrogen) atoms. The van der Waals surface area contributed by atoms with Gasteiger partial charge in [0.1, 0.15) is 6.04 Å². The maximum atomic E-state index is 12.8. The second-order valence-corrected chi connectivity index (χ2v) is 7.76. The van der Waals surface area contributed by atoms with Crippen LogP contribution in [0.2, 0.25) is 0 Å². The van der Waals surface area contributed by atoms with Crippen LogP contribution in [0.15, 0.2) is 30.6 Å². The van der Waals surface area contributed by atoms with Gasteiger partial charge in [-0.05, 0) is 43.7 Å². The van der Waals surface area contributed by atoms with Gasteiger partial charge in [-0.2, -0.15) is 0 Å². The number of fused-ring (bicyclic) bond motifs is 1. The lowest BCUT2D eigenvalue weighted by Gasteiger charge is -2.26. The van der Waals surface area contributed by atoms with Crippen molar-refractivity contribution in [1.82, 2.24) is 25.3 Å². The number of hydrogen-bond donors (Lipinski definition) is 2. The smallest absolute Gasteiger partial charge is 0.240 e. The first kappa shape index (κ1) is 18.4. The molecule has 2 atom stereocenters. The van der Waals surface area contributed by atoms with E-state index in [1.54, 1.807) is 0 Å². The van der Waals surface area contributed by atoms with Crippen molar-refractivity contribution in [1.29, 1.82) is 0 Å². The molecule has 7 nitrogen and oxygen atoms in total. The monoisotopic (exact) mass is 371 g/mol. The molecule has 146 valence electrons. The number of carbonyl (C=O) groups excluding carboxylic acids is 1. The van der Waals surface area contributed by atoms with Gasteiger partial charge in [-0.15, -0.1) is 0 Å². The highest BCUT2D eigenvalue weighted by Crippen LogP contribution is 2.19. The number of amides is 1. The molecule has 2 aromatic rings. The Labute approximate surface area is 160 Å². The molecular formula is C20H29N5O2. The topological polar surface area (TPSA) is 71.4 Å². The first-order valence-corrected chi connectivity index (χ1v) is 9.94. The fourth-order valence-electron chi connectivity index (χ4n) is 4.08. The van der Waals surface area contributed by atoms with Gasteiger partial charge in [-0.25, -0.2) is 10.4 Å². The number of carbonyl (C=O) groups is 1. The second kappa shape index (κ2) is 8.37. The first-order valence-electron chi connectivity index (χ1n) is 9.94. The van der Waals surface area contributed by atoms with Crippen molar-refractivity contribution >= 4 is 16.9 Å². The lowest BCUT2D eigenvalue weighted by Crippen LogP contribution is -2.44. The second-order valence-electron chi connectivity index (χ2n) is 7.76. The third-order valence-corrected chi connectivity index (χ3v) is 5.81. The van der Waals surface area contributed by atoms with Crippen LogP contribution in [0.25, 0.3) is 11.0 Å². The minimum absolute atomic E-state index is 0.163. The summed E-state index contributed by atoms with van der Waals surface area (Å²) in [6.07, 6.45) is 5.96. The van der Waals surface area contributed by atoms with Gasteiger partial charge in [0.05, 0.1) is 17.4 Å². The molecule has 4 rings (SSSR count). The molecule has 0 aliphatic carbocycles. The van der Waals surface area contributed by atoms with E-state index in [4.69, 9.17) is 4.74 Å². The standard InChI is InChI=1S/C20H29N5O2/c1-24(9-6-15-7-10-27-11-8-15)20(26)18-12-16(22-23-18)13-25-14-21-17-4-2-3-5-19(17)25/h2-5,14-16,18,22-23H,6-13H2,1H3. The van der Waals surface area contributed by atoms with Crippen molar-refractivity contribution in [2.45, 2.75) is 44.3 Å². The number of hydrogen-bond acceptors (Lipinski definition) is 5. The van der Waals surface area contributed by atoms with Gasteiger partial charge in [0.25, 0.3) is 0 Å². The van der Waals surface area contributed by atoms with E-state index >= 15 is 0 Å². The highest BCUT2D eigenvalue weighted by atomic mass is 16.5. The van der Waals surface area contributed by atoms with Crippen LogP contribution in [0.4, 0.5) is 0 Å². The quantitative estimate of drug-likeness (QED) is 0.806. The van der Waals surface area contributed by atoms with Crippen LogP contribution in [0.3, 0.4) is 0 Å². The summed E-state index contributed by atoms with van der Waals surface area (Å²) in [6.45, 7) is 3.34. The van der Waals surface area contributed by atoms with E-state index in [0.29, 0.717) is 5.92 Å². The molecule has 2 aliphatic heterocycles. The zero-order chi connectivity index (χ0) is 18.6. The summed E-state index contributed by atoms with van der Waals surface area (Å²) in [5, 5.41) is 0. The molecule has 0 spiro atoms. The van der Waals surface area contributed by atoms with Crippen LogP contribution in [0, 0.1) is 5.92 Å². The molecule has 1 aromatic carbocycles. The van der Waals surface area contributed by atoms with Crippen molar-refractivity contribution in [3.63, 3.8) is 0 Å². The summed E-state index contributed by atoms with van der Waals surface area (Å²) in [5.74, 6) is 0.860. The van der Waals surface area contributed by atoms with Crippen molar-refractivity contribution in [3.05, 3.63) is 30.6 Å². The van der Waals surface area contributed by atoms with Gasteiger partial charge in [-0.3, -0.25) is 10.2 Å². The zero-order valence-corrected chi connectivity index (χ0v) is 15.9. The van der Waals surface area contributed by atoms with E-state index < -0.39 is 0 Å². The molecule has 2 unspecified atom stereocenters. The van der Waals surface area contributed by atoms with Crippen LogP contribution in [-0.4, -0.2) is 59.2 Å². The van der Waals surface area contributed by atoms with Crippen LogP contribution < -0.4 is 10.9 Å². The van der Waals surface area contributed by atoms with Crippen LogP contribution in [0.1, 0.15) is 25.7 Å². The predicted octanol–water partition coefficient (Wildman–Crippen LogP) is 1.55. The molecule has 1 aromatic heterocycles. The summed E-state index contributed by atoms with van der Waals surface area (Å²) in [5.41, 5.74) is 8.61. The normalized spacial score (nSPS) is 23.7. The van der Waals surface area contributed by atoms with E-state index in [2.05, 4.69) is 26.5 Å². The summed E-state index contributed by atoms with van der Waals surface area (Å²) in [4.78, 5) is 19.1. The first-order chi connectivity index (χ1) is 13.2. The third-order valence-electron chi connectivity index (χ3n) is 5.81. The number of hydrazine groups is 1. The molecule has 7 heteroatoms. The molecule has 0 saturated carbocycles. The lowest BCUT2D eigenvalue weighted by atomic mass is 9.96. The highest BCUT2D eigenvalue weighted by molar-refractivity contribution is 5.82. The van der Waals surface area contributed by atoms with Gasteiger partial charge in [0, 0.05) is 39.4 Å². The SMILES string of the molecule is CN(CCC1CCOCC1)C(=O)C1CC(Cn2cnc3ccccc32)NN1. The summed E-state index contributed by atoms with van der Waals surface area (Å²) < 4.78 is 7.56. The van der Waals surface area contributed by atoms with Crippen molar-refractivity contribution in [2.24, 2.45) is 5.92 Å². The Morgan fingerprint density at radius 2 is 2.11 bits per heavy atom. The van der Waals surface area contributed by atoms with E-state index in [-0.39, 0.29) is 18.0 Å². The number of para-hydroxylation sites is 2. The Morgan fingerprint density at radius 3 is 2.96 bits per heavy atom. The third kappa shape index (κ3) is 4.31. The maximum Gasteiger partial charge on any atom is 0.240 e. The fourth-order valence-corrected chi connectivity index (χ4v) is 4.08. The highest BCUT2D eigenvalue weighted by Gasteiger charge is 2.31. The minimum Gasteiger partial charge on any atom is -0.381 e. The van der Waals surface area contributed by atoms with Gasteiger partial charge in [0.2, 0.25) is 5.91 Å². The number of ether oxygens (including phenoxy) is 1. The van der Waals surface area contributed by atoms with Gasteiger partial charge in [0.15, 0.2) is 0 Å². The number of rotatable bonds is 6. The molecule has 0 bridgehead atoms. The number of imidazole rings is 1. The Bertz CT molecular complexity index is 771. The summed E-state index contributed by atoms with van der Waals surface area (Å²) in [7, 11) is 1.92. The van der Waals surface area contributed by atoms with Gasteiger partial charge < -0.3 is 14.2 Å². The number of nitrogens with zero attached hydrogens (tertiary/aromatic N) is 3. The number of aromatic nitrogens is 2. The summed E-state index contributed by atoms with van der Waals surface area (Å²) in [6, 6.07) is 8.18. The molecular weight excluding hydrogens is 342 g/mol. The summed E-state index contributed by atoms with van der Waals surface area (Å²) >= 11 is 0. The fraction of sp³-hybridized carbons (Fsp3) is 0.600. The number of likely N-dealkylation sites (N-methyl/N-ethyl adjacent to an activating group) is 1. The lowest BCUT2D eigenvalue weighted by molar-refractivity contribution is -0.132. The van der Waals surface area contributed by atoms with Crippen molar-refractivity contribution in [3.8, 4) is 0 Å². The van der Waals surface area contributed by atoms with Crippen LogP contribution >= 0.6 is 0 Å². The van der Waals surface area contributed by atoms with E-state index in [1.807, 2.05) is 36.5 Å². The molecule has 0 radical (unpaired) electrons. The number of nitrogens with one attached hydrogen (secondary N) is 2. The average molecular weight is 371 g/mol. The molecule has 2 fully saturated rings. The Hall–Kier alpha value is -1.96. The molecule has 2 saturated heterocycles. The zero-order valence-electron chi connectivity index (χ0n) is 15.9. The van der Waals surface area contributed by atoms with Crippen LogP contribution in [-0.2, 0) is 16.1 Å². The van der Waals surface area contributed by atoms with E-state index in [9.17, 15) is 4.79 Å². The minimum atomic E-state index is -0.163. The Balaban J connectivity index is 1.27. The molecule has 3 heterocycles. The van der Waals surface area contributed by atoms with Crippen molar-refractivity contribution < 1.29 is 9.53 Å². The van der Waals surface area contributed by atoms with E-state index in [1.165, 1.54) is 0 Å². The molecule has 2 aliphatic rings. The molecule has 1 amide bonds. The molecule has 2 N–H and O–H groups in total. The Kier molecular flexibility index (Phi) is 5.71.